The summed E-state index contributed by atoms with van der Waals surface area (Å²) >= 11 is 0. The number of nitrogens with one attached hydrogen (secondary N) is 1. The molecule has 0 spiro atoms. The van der Waals surface area contributed by atoms with Crippen molar-refractivity contribution in [1.29, 1.82) is 0 Å². The Hall–Kier alpha value is -1.10. The van der Waals surface area contributed by atoms with E-state index in [0.717, 1.165) is 0 Å². The molecule has 0 aromatic heterocycles. The minimum absolute atomic E-state index is 0.0119. The zero-order chi connectivity index (χ0) is 9.56. The SMILES string of the molecule is CCOC(=O)CNC(C)C(N)=O. The van der Waals surface area contributed by atoms with Crippen LogP contribution in [0.4, 0.5) is 0 Å². The molecule has 1 unspecified atom stereocenters. The standard InChI is InChI=1S/C7H14N2O3/c1-3-12-6(10)4-9-5(2)7(8)11/h5,9H,3-4H2,1-2H3,(H2,8,11). The van der Waals surface area contributed by atoms with Crippen LogP contribution in [0, 0.1) is 0 Å². The van der Waals surface area contributed by atoms with Crippen LogP contribution in [0.25, 0.3) is 0 Å². The molecule has 0 rings (SSSR count). The molecule has 0 aliphatic heterocycles. The minimum Gasteiger partial charge on any atom is -0.465 e. The van der Waals surface area contributed by atoms with Gasteiger partial charge < -0.3 is 10.5 Å². The van der Waals surface area contributed by atoms with Crippen LogP contribution in [0.2, 0.25) is 0 Å². The number of primary amides is 1. The predicted octanol–water partition coefficient (Wildman–Crippen LogP) is -0.987. The monoisotopic (exact) mass is 174 g/mol. The fourth-order valence-corrected chi connectivity index (χ4v) is 0.549. The maximum absolute atomic E-state index is 10.7. The lowest BCUT2D eigenvalue weighted by Crippen LogP contribution is -2.41. The van der Waals surface area contributed by atoms with Gasteiger partial charge in [-0.25, -0.2) is 0 Å². The van der Waals surface area contributed by atoms with Gasteiger partial charge in [0, 0.05) is 0 Å². The molecule has 0 bridgehead atoms. The number of amides is 1. The Kier molecular flexibility index (Phi) is 5.03. The molecule has 0 fully saturated rings. The maximum Gasteiger partial charge on any atom is 0.319 e. The van der Waals surface area contributed by atoms with Gasteiger partial charge in [-0.05, 0) is 13.8 Å². The van der Waals surface area contributed by atoms with Gasteiger partial charge in [0.25, 0.3) is 0 Å². The van der Waals surface area contributed by atoms with Crippen LogP contribution < -0.4 is 11.1 Å². The summed E-state index contributed by atoms with van der Waals surface area (Å²) in [6.45, 7) is 3.65. The third-order valence-corrected chi connectivity index (χ3v) is 1.28. The molecule has 70 valence electrons. The lowest BCUT2D eigenvalue weighted by molar-refractivity contribution is -0.142. The van der Waals surface area contributed by atoms with E-state index in [0.29, 0.717) is 6.61 Å². The normalized spacial score (nSPS) is 12.2. The fourth-order valence-electron chi connectivity index (χ4n) is 0.549. The molecule has 0 aromatic rings. The summed E-state index contributed by atoms with van der Waals surface area (Å²) in [4.78, 5) is 21.2. The van der Waals surface area contributed by atoms with Crippen molar-refractivity contribution < 1.29 is 14.3 Å². The third-order valence-electron chi connectivity index (χ3n) is 1.28. The maximum atomic E-state index is 10.7. The zero-order valence-corrected chi connectivity index (χ0v) is 7.29. The Balaban J connectivity index is 3.54. The molecule has 0 saturated carbocycles. The van der Waals surface area contributed by atoms with Crippen LogP contribution in [0.15, 0.2) is 0 Å². The van der Waals surface area contributed by atoms with Crippen molar-refractivity contribution in [1.82, 2.24) is 5.32 Å². The van der Waals surface area contributed by atoms with E-state index in [4.69, 9.17) is 5.73 Å². The molecule has 1 atom stereocenters. The summed E-state index contributed by atoms with van der Waals surface area (Å²) in [6.07, 6.45) is 0. The van der Waals surface area contributed by atoms with Gasteiger partial charge >= 0.3 is 5.97 Å². The molecular formula is C7H14N2O3. The van der Waals surface area contributed by atoms with Gasteiger partial charge in [-0.15, -0.1) is 0 Å². The number of carbonyl (C=O) groups is 2. The molecular weight excluding hydrogens is 160 g/mol. The van der Waals surface area contributed by atoms with Crippen molar-refractivity contribution >= 4 is 11.9 Å². The van der Waals surface area contributed by atoms with Crippen LogP contribution in [-0.2, 0) is 14.3 Å². The van der Waals surface area contributed by atoms with Crippen molar-refractivity contribution in [2.45, 2.75) is 19.9 Å². The van der Waals surface area contributed by atoms with Gasteiger partial charge in [0.15, 0.2) is 0 Å². The number of nitrogens with two attached hydrogens (primary N) is 1. The third kappa shape index (κ3) is 4.68. The number of ether oxygens (including phenoxy) is 1. The van der Waals surface area contributed by atoms with Crippen LogP contribution >= 0.6 is 0 Å². The Labute approximate surface area is 71.3 Å². The molecule has 0 aliphatic rings. The molecule has 0 heterocycles. The summed E-state index contributed by atoms with van der Waals surface area (Å²) in [7, 11) is 0. The number of hydrogen-bond donors (Lipinski definition) is 2. The zero-order valence-electron chi connectivity index (χ0n) is 7.29. The lowest BCUT2D eigenvalue weighted by atomic mass is 10.3. The van der Waals surface area contributed by atoms with Crippen LogP contribution in [0.3, 0.4) is 0 Å². The average molecular weight is 174 g/mol. The molecule has 0 saturated heterocycles. The molecule has 1 amide bonds. The van der Waals surface area contributed by atoms with Crippen molar-refractivity contribution in [3.63, 3.8) is 0 Å². The lowest BCUT2D eigenvalue weighted by Gasteiger charge is -2.08. The van der Waals surface area contributed by atoms with Crippen molar-refractivity contribution in [3.05, 3.63) is 0 Å². The van der Waals surface area contributed by atoms with E-state index in [1.807, 2.05) is 0 Å². The molecule has 5 heteroatoms. The summed E-state index contributed by atoms with van der Waals surface area (Å²) in [5, 5.41) is 2.62. The highest BCUT2D eigenvalue weighted by molar-refractivity contribution is 5.80. The molecule has 0 radical (unpaired) electrons. The second kappa shape index (κ2) is 5.54. The van der Waals surface area contributed by atoms with Crippen LogP contribution in [0.1, 0.15) is 13.8 Å². The summed E-state index contributed by atoms with van der Waals surface area (Å²) < 4.78 is 4.62. The predicted molar refractivity (Wildman–Crippen MR) is 43.3 cm³/mol. The summed E-state index contributed by atoms with van der Waals surface area (Å²) in [5.41, 5.74) is 4.94. The van der Waals surface area contributed by atoms with Gasteiger partial charge in [-0.1, -0.05) is 0 Å². The second-order valence-corrected chi connectivity index (χ2v) is 2.31. The molecule has 3 N–H and O–H groups in total. The highest BCUT2D eigenvalue weighted by atomic mass is 16.5. The van der Waals surface area contributed by atoms with Gasteiger partial charge in [0.2, 0.25) is 5.91 Å². The number of rotatable bonds is 5. The molecule has 0 aliphatic carbocycles. The number of carbonyl (C=O) groups excluding carboxylic acids is 2. The van der Waals surface area contributed by atoms with E-state index in [9.17, 15) is 9.59 Å². The van der Waals surface area contributed by atoms with Crippen molar-refractivity contribution in [2.75, 3.05) is 13.2 Å². The fraction of sp³-hybridized carbons (Fsp3) is 0.714. The molecule has 5 nitrogen and oxygen atoms in total. The molecule has 0 aromatic carbocycles. The Morgan fingerprint density at radius 1 is 1.58 bits per heavy atom. The van der Waals surface area contributed by atoms with E-state index >= 15 is 0 Å². The summed E-state index contributed by atoms with van der Waals surface area (Å²) in [6, 6.07) is -0.505. The van der Waals surface area contributed by atoms with Crippen LogP contribution in [-0.4, -0.2) is 31.1 Å². The van der Waals surface area contributed by atoms with Gasteiger partial charge in [-0.2, -0.15) is 0 Å². The highest BCUT2D eigenvalue weighted by Gasteiger charge is 2.09. The quantitative estimate of drug-likeness (QED) is 0.524. The van der Waals surface area contributed by atoms with Gasteiger partial charge in [-0.3, -0.25) is 14.9 Å². The molecule has 12 heavy (non-hydrogen) atoms. The van der Waals surface area contributed by atoms with Crippen molar-refractivity contribution in [3.8, 4) is 0 Å². The van der Waals surface area contributed by atoms with Gasteiger partial charge in [0.1, 0.15) is 0 Å². The van der Waals surface area contributed by atoms with E-state index in [2.05, 4.69) is 10.1 Å². The first-order chi connectivity index (χ1) is 5.57. The Morgan fingerprint density at radius 3 is 2.58 bits per heavy atom. The highest BCUT2D eigenvalue weighted by Crippen LogP contribution is 1.80. The minimum atomic E-state index is -0.505. The van der Waals surface area contributed by atoms with Crippen LogP contribution in [0.5, 0.6) is 0 Å². The largest absolute Gasteiger partial charge is 0.465 e. The topological polar surface area (TPSA) is 81.4 Å². The first-order valence-corrected chi connectivity index (χ1v) is 3.76. The smallest absolute Gasteiger partial charge is 0.319 e. The summed E-state index contributed by atoms with van der Waals surface area (Å²) in [5.74, 6) is -0.870. The number of esters is 1. The van der Waals surface area contributed by atoms with E-state index in [-0.39, 0.29) is 12.5 Å². The average Bonchev–Trinajstić information content (AvgIpc) is 2.00. The van der Waals surface area contributed by atoms with Gasteiger partial charge in [0.05, 0.1) is 19.2 Å². The van der Waals surface area contributed by atoms with E-state index in [1.54, 1.807) is 13.8 Å². The van der Waals surface area contributed by atoms with Crippen molar-refractivity contribution in [2.24, 2.45) is 5.73 Å². The Bertz CT molecular complexity index is 170. The first-order valence-electron chi connectivity index (χ1n) is 3.76. The second-order valence-electron chi connectivity index (χ2n) is 2.31. The van der Waals surface area contributed by atoms with E-state index < -0.39 is 11.9 Å². The number of hydrogen-bond acceptors (Lipinski definition) is 4. The Morgan fingerprint density at radius 2 is 2.17 bits per heavy atom. The van der Waals surface area contributed by atoms with E-state index in [1.165, 1.54) is 0 Å². The first kappa shape index (κ1) is 10.9.